The Balaban J connectivity index is 0.00000361. The maximum Gasteiger partial charge on any atom is 0.193 e. The van der Waals surface area contributed by atoms with Crippen LogP contribution in [0.3, 0.4) is 0 Å². The molecule has 0 aliphatic heterocycles. The highest BCUT2D eigenvalue weighted by Crippen LogP contribution is 2.13. The molecule has 0 bridgehead atoms. The van der Waals surface area contributed by atoms with E-state index in [1.54, 1.807) is 0 Å². The molecule has 0 fully saturated rings. The Morgan fingerprint density at radius 2 is 2.10 bits per heavy atom. The van der Waals surface area contributed by atoms with Gasteiger partial charge in [-0.05, 0) is 43.5 Å². The molecule has 0 unspecified atom stereocenters. The Morgan fingerprint density at radius 1 is 1.35 bits per heavy atom. The summed E-state index contributed by atoms with van der Waals surface area (Å²) in [7, 11) is 0. The third-order valence-corrected chi connectivity index (χ3v) is 2.76. The second-order valence-corrected chi connectivity index (χ2v) is 4.38. The normalized spacial score (nSPS) is 10.8. The van der Waals surface area contributed by atoms with Crippen LogP contribution in [0.5, 0.6) is 0 Å². The summed E-state index contributed by atoms with van der Waals surface area (Å²) in [6.07, 6.45) is 2.69. The molecular weight excluding hydrogens is 365 g/mol. The first-order valence-electron chi connectivity index (χ1n) is 6.46. The number of guanidine groups is 1. The van der Waals surface area contributed by atoms with E-state index in [4.69, 9.17) is 10.5 Å². The van der Waals surface area contributed by atoms with Gasteiger partial charge in [-0.1, -0.05) is 12.1 Å². The highest BCUT2D eigenvalue weighted by Gasteiger charge is 1.97. The van der Waals surface area contributed by atoms with Crippen molar-refractivity contribution in [2.75, 3.05) is 25.1 Å². The van der Waals surface area contributed by atoms with E-state index < -0.39 is 0 Å². The molecular formula is C15H24IN3O. The quantitative estimate of drug-likeness (QED) is 0.248. The number of aryl methyl sites for hydroxylation is 2. The van der Waals surface area contributed by atoms with Gasteiger partial charge >= 0.3 is 0 Å². The minimum Gasteiger partial charge on any atom is -0.379 e. The molecule has 1 rings (SSSR count). The van der Waals surface area contributed by atoms with Gasteiger partial charge in [0, 0.05) is 5.69 Å². The largest absolute Gasteiger partial charge is 0.379 e. The summed E-state index contributed by atoms with van der Waals surface area (Å²) in [5.74, 6) is 0.413. The van der Waals surface area contributed by atoms with E-state index in [-0.39, 0.29) is 24.0 Å². The Morgan fingerprint density at radius 3 is 2.75 bits per heavy atom. The summed E-state index contributed by atoms with van der Waals surface area (Å²) in [6.45, 7) is 9.59. The third kappa shape index (κ3) is 7.49. The van der Waals surface area contributed by atoms with Crippen molar-refractivity contribution < 1.29 is 4.74 Å². The van der Waals surface area contributed by atoms with Crippen LogP contribution < -0.4 is 11.1 Å². The first kappa shape index (κ1) is 18.9. The van der Waals surface area contributed by atoms with Gasteiger partial charge in [0.2, 0.25) is 0 Å². The highest BCUT2D eigenvalue weighted by atomic mass is 127. The van der Waals surface area contributed by atoms with E-state index >= 15 is 0 Å². The molecule has 1 aromatic rings. The van der Waals surface area contributed by atoms with Crippen LogP contribution in [0.25, 0.3) is 0 Å². The highest BCUT2D eigenvalue weighted by molar-refractivity contribution is 14.0. The lowest BCUT2D eigenvalue weighted by Gasteiger charge is -2.08. The van der Waals surface area contributed by atoms with Gasteiger partial charge in [-0.25, -0.2) is 0 Å². The van der Waals surface area contributed by atoms with Crippen LogP contribution in [-0.4, -0.2) is 25.7 Å². The fourth-order valence-electron chi connectivity index (χ4n) is 1.51. The third-order valence-electron chi connectivity index (χ3n) is 2.76. The van der Waals surface area contributed by atoms with Crippen molar-refractivity contribution in [3.05, 3.63) is 42.0 Å². The predicted octanol–water partition coefficient (Wildman–Crippen LogP) is 3.24. The van der Waals surface area contributed by atoms with E-state index in [9.17, 15) is 0 Å². The minimum atomic E-state index is 0. The Labute approximate surface area is 138 Å². The smallest absolute Gasteiger partial charge is 0.193 e. The van der Waals surface area contributed by atoms with Crippen molar-refractivity contribution in [3.8, 4) is 0 Å². The number of rotatable bonds is 7. The summed E-state index contributed by atoms with van der Waals surface area (Å²) in [4.78, 5) is 4.20. The molecule has 0 amide bonds. The molecule has 0 aliphatic rings. The van der Waals surface area contributed by atoms with Crippen molar-refractivity contribution in [1.82, 2.24) is 0 Å². The lowest BCUT2D eigenvalue weighted by molar-refractivity contribution is 0.146. The zero-order valence-corrected chi connectivity index (χ0v) is 14.5. The number of nitrogens with one attached hydrogen (secondary N) is 1. The topological polar surface area (TPSA) is 59.6 Å². The molecule has 0 radical (unpaired) electrons. The van der Waals surface area contributed by atoms with Gasteiger partial charge in [0.25, 0.3) is 0 Å². The van der Waals surface area contributed by atoms with Crippen LogP contribution in [0.4, 0.5) is 5.69 Å². The molecule has 0 atom stereocenters. The Hall–Kier alpha value is -1.08. The first-order valence-corrected chi connectivity index (χ1v) is 6.46. The van der Waals surface area contributed by atoms with Crippen molar-refractivity contribution in [2.24, 2.45) is 10.7 Å². The number of anilines is 1. The lowest BCUT2D eigenvalue weighted by atomic mass is 10.1. The van der Waals surface area contributed by atoms with E-state index in [0.29, 0.717) is 25.7 Å². The molecule has 20 heavy (non-hydrogen) atoms. The fourth-order valence-corrected chi connectivity index (χ4v) is 1.51. The molecule has 112 valence electrons. The Bertz CT molecular complexity index is 447. The van der Waals surface area contributed by atoms with Crippen LogP contribution in [0.2, 0.25) is 0 Å². The average Bonchev–Trinajstić information content (AvgIpc) is 2.38. The molecule has 0 spiro atoms. The van der Waals surface area contributed by atoms with E-state index in [1.165, 1.54) is 11.1 Å². The predicted molar refractivity (Wildman–Crippen MR) is 97.1 cm³/mol. The number of halogens is 1. The van der Waals surface area contributed by atoms with Crippen molar-refractivity contribution in [2.45, 2.75) is 20.3 Å². The second kappa shape index (κ2) is 10.7. The van der Waals surface area contributed by atoms with Crippen LogP contribution in [0.1, 0.15) is 17.5 Å². The lowest BCUT2D eigenvalue weighted by Crippen LogP contribution is -2.23. The SMILES string of the molecule is C=CCCOCCN=C(N)Nc1ccc(C)c(C)c1.I. The molecule has 0 aromatic heterocycles. The molecule has 3 N–H and O–H groups in total. The summed E-state index contributed by atoms with van der Waals surface area (Å²) < 4.78 is 5.35. The van der Waals surface area contributed by atoms with Gasteiger partial charge in [-0.3, -0.25) is 4.99 Å². The number of ether oxygens (including phenoxy) is 1. The van der Waals surface area contributed by atoms with Crippen LogP contribution in [-0.2, 0) is 4.74 Å². The number of benzene rings is 1. The van der Waals surface area contributed by atoms with Crippen molar-refractivity contribution in [3.63, 3.8) is 0 Å². The molecule has 0 heterocycles. The van der Waals surface area contributed by atoms with Crippen LogP contribution in [0, 0.1) is 13.8 Å². The maximum absolute atomic E-state index is 5.80. The van der Waals surface area contributed by atoms with Gasteiger partial charge in [0.15, 0.2) is 5.96 Å². The second-order valence-electron chi connectivity index (χ2n) is 4.38. The van der Waals surface area contributed by atoms with Crippen LogP contribution in [0.15, 0.2) is 35.8 Å². The summed E-state index contributed by atoms with van der Waals surface area (Å²) in [5, 5.41) is 3.07. The van der Waals surface area contributed by atoms with Gasteiger partial charge in [-0.2, -0.15) is 0 Å². The van der Waals surface area contributed by atoms with Gasteiger partial charge in [-0.15, -0.1) is 30.6 Å². The van der Waals surface area contributed by atoms with E-state index in [0.717, 1.165) is 12.1 Å². The zero-order chi connectivity index (χ0) is 14.1. The summed E-state index contributed by atoms with van der Waals surface area (Å²) >= 11 is 0. The standard InChI is InChI=1S/C15H23N3O.HI/c1-4-5-9-19-10-8-17-15(16)18-14-7-6-12(2)13(3)11-14;/h4,6-7,11H,1,5,8-10H2,2-3H3,(H3,16,17,18);1H. The Kier molecular flexibility index (Phi) is 10.1. The molecule has 0 saturated carbocycles. The van der Waals surface area contributed by atoms with E-state index in [1.807, 2.05) is 12.1 Å². The van der Waals surface area contributed by atoms with Crippen molar-refractivity contribution >= 4 is 35.6 Å². The van der Waals surface area contributed by atoms with Gasteiger partial charge < -0.3 is 15.8 Å². The maximum atomic E-state index is 5.80. The molecule has 1 aromatic carbocycles. The number of nitrogens with zero attached hydrogens (tertiary/aromatic N) is 1. The van der Waals surface area contributed by atoms with Crippen LogP contribution >= 0.6 is 24.0 Å². The molecule has 0 saturated heterocycles. The van der Waals surface area contributed by atoms with Gasteiger partial charge in [0.1, 0.15) is 0 Å². The molecule has 5 heteroatoms. The molecule has 4 nitrogen and oxygen atoms in total. The van der Waals surface area contributed by atoms with Gasteiger partial charge in [0.05, 0.1) is 19.8 Å². The number of aliphatic imine (C=N–C) groups is 1. The summed E-state index contributed by atoms with van der Waals surface area (Å²) in [6, 6.07) is 6.10. The average molecular weight is 389 g/mol. The molecule has 0 aliphatic carbocycles. The summed E-state index contributed by atoms with van der Waals surface area (Å²) in [5.41, 5.74) is 9.25. The number of hydrogen-bond donors (Lipinski definition) is 2. The zero-order valence-electron chi connectivity index (χ0n) is 12.2. The monoisotopic (exact) mass is 389 g/mol. The van der Waals surface area contributed by atoms with Crippen molar-refractivity contribution in [1.29, 1.82) is 0 Å². The fraction of sp³-hybridized carbons (Fsp3) is 0.400. The van der Waals surface area contributed by atoms with E-state index in [2.05, 4.69) is 42.9 Å². The first-order chi connectivity index (χ1) is 9.13. The number of hydrogen-bond acceptors (Lipinski definition) is 2. The minimum absolute atomic E-state index is 0. The number of nitrogens with two attached hydrogens (primary N) is 1.